The van der Waals surface area contributed by atoms with Gasteiger partial charge in [-0.3, -0.25) is 9.79 Å². The van der Waals surface area contributed by atoms with Gasteiger partial charge in [0, 0.05) is 29.8 Å². The van der Waals surface area contributed by atoms with Crippen LogP contribution in [0.3, 0.4) is 0 Å². The molecule has 9 heteroatoms. The van der Waals surface area contributed by atoms with Crippen molar-refractivity contribution in [3.05, 3.63) is 52.9 Å². The summed E-state index contributed by atoms with van der Waals surface area (Å²) < 4.78 is 50.2. The van der Waals surface area contributed by atoms with Crippen LogP contribution in [0.15, 0.2) is 39.4 Å². The minimum Gasteiger partial charge on any atom is -0.468 e. The Labute approximate surface area is 159 Å². The number of halogens is 3. The number of rotatable bonds is 3. The number of aromatic nitrogens is 2. The summed E-state index contributed by atoms with van der Waals surface area (Å²) >= 11 is 0. The summed E-state index contributed by atoms with van der Waals surface area (Å²) in [4.78, 5) is 16.9. The number of aryl methyl sites for hydroxylation is 1. The highest BCUT2D eigenvalue weighted by molar-refractivity contribution is 6.06. The molecule has 0 fully saturated rings. The van der Waals surface area contributed by atoms with Gasteiger partial charge in [-0.05, 0) is 25.5 Å². The standard InChI is InChI=1S/C19H18F3N3O3/c1-9-14(17-25-24-11(3)28-17)16(15(10(2)23-9)18(26)27-4)12-6-5-7-13(8-12)19(20,21)22/h5-8,15-16H,1-4H3. The number of alkyl halides is 3. The number of aliphatic imine (C=N–C) groups is 1. The van der Waals surface area contributed by atoms with Crippen LogP contribution in [0.4, 0.5) is 13.2 Å². The number of allylic oxidation sites excluding steroid dienone is 2. The van der Waals surface area contributed by atoms with Gasteiger partial charge >= 0.3 is 12.1 Å². The van der Waals surface area contributed by atoms with E-state index in [-0.39, 0.29) is 11.5 Å². The van der Waals surface area contributed by atoms with E-state index in [1.165, 1.54) is 19.2 Å². The van der Waals surface area contributed by atoms with Crippen molar-refractivity contribution in [3.63, 3.8) is 0 Å². The number of carbonyl (C=O) groups is 1. The Hall–Kier alpha value is -2.97. The molecule has 0 saturated carbocycles. The Morgan fingerprint density at radius 1 is 1.18 bits per heavy atom. The second kappa shape index (κ2) is 7.21. The van der Waals surface area contributed by atoms with Gasteiger partial charge in [0.05, 0.1) is 12.7 Å². The molecule has 0 N–H and O–H groups in total. The van der Waals surface area contributed by atoms with Gasteiger partial charge < -0.3 is 9.15 Å². The van der Waals surface area contributed by atoms with Crippen LogP contribution >= 0.6 is 0 Å². The second-order valence-corrected chi connectivity index (χ2v) is 6.48. The third-order valence-electron chi connectivity index (χ3n) is 4.61. The molecule has 1 aliphatic rings. The van der Waals surface area contributed by atoms with Gasteiger partial charge in [0.2, 0.25) is 11.8 Å². The Morgan fingerprint density at radius 3 is 2.46 bits per heavy atom. The van der Waals surface area contributed by atoms with Crippen LogP contribution in [0.5, 0.6) is 0 Å². The van der Waals surface area contributed by atoms with E-state index in [1.807, 2.05) is 0 Å². The lowest BCUT2D eigenvalue weighted by molar-refractivity contribution is -0.143. The molecular formula is C19H18F3N3O3. The number of esters is 1. The predicted molar refractivity (Wildman–Crippen MR) is 94.4 cm³/mol. The number of carbonyl (C=O) groups excluding carboxylic acids is 1. The predicted octanol–water partition coefficient (Wildman–Crippen LogP) is 4.18. The Kier molecular flexibility index (Phi) is 5.10. The van der Waals surface area contributed by atoms with Crippen molar-refractivity contribution in [2.75, 3.05) is 7.11 Å². The molecule has 0 saturated heterocycles. The molecule has 0 bridgehead atoms. The van der Waals surface area contributed by atoms with Crippen molar-refractivity contribution in [2.24, 2.45) is 10.9 Å². The Balaban J connectivity index is 2.24. The van der Waals surface area contributed by atoms with E-state index in [0.717, 1.165) is 12.1 Å². The highest BCUT2D eigenvalue weighted by Gasteiger charge is 2.42. The van der Waals surface area contributed by atoms with Crippen LogP contribution in [0, 0.1) is 12.8 Å². The first kappa shape index (κ1) is 19.8. The first-order valence-corrected chi connectivity index (χ1v) is 8.45. The molecule has 148 valence electrons. The summed E-state index contributed by atoms with van der Waals surface area (Å²) in [5.41, 5.74) is 0.800. The zero-order valence-corrected chi connectivity index (χ0v) is 15.7. The topological polar surface area (TPSA) is 77.6 Å². The summed E-state index contributed by atoms with van der Waals surface area (Å²) in [6, 6.07) is 4.84. The molecule has 0 amide bonds. The lowest BCUT2D eigenvalue weighted by atomic mass is 9.75. The van der Waals surface area contributed by atoms with Crippen LogP contribution in [-0.2, 0) is 15.7 Å². The largest absolute Gasteiger partial charge is 0.468 e. The zero-order chi connectivity index (χ0) is 20.6. The Bertz CT molecular complexity index is 976. The highest BCUT2D eigenvalue weighted by atomic mass is 19.4. The number of hydrogen-bond acceptors (Lipinski definition) is 6. The molecule has 1 aliphatic heterocycles. The maximum atomic E-state index is 13.3. The fourth-order valence-electron chi connectivity index (χ4n) is 3.42. The van der Waals surface area contributed by atoms with Crippen LogP contribution in [-0.4, -0.2) is 29.0 Å². The van der Waals surface area contributed by atoms with Crippen LogP contribution in [0.25, 0.3) is 5.57 Å². The van der Waals surface area contributed by atoms with Crippen LogP contribution in [0.2, 0.25) is 0 Å². The SMILES string of the molecule is COC(=O)C1C(C)=NC(C)=C(c2nnc(C)o2)C1c1cccc(C(F)(F)F)c1. The van der Waals surface area contributed by atoms with Gasteiger partial charge in [-0.1, -0.05) is 18.2 Å². The van der Waals surface area contributed by atoms with E-state index in [9.17, 15) is 18.0 Å². The van der Waals surface area contributed by atoms with Crippen LogP contribution in [0.1, 0.15) is 42.7 Å². The minimum absolute atomic E-state index is 0.113. The van der Waals surface area contributed by atoms with E-state index >= 15 is 0 Å². The van der Waals surface area contributed by atoms with Crippen molar-refractivity contribution in [3.8, 4) is 0 Å². The third-order valence-corrected chi connectivity index (χ3v) is 4.61. The first-order valence-electron chi connectivity index (χ1n) is 8.45. The molecule has 0 spiro atoms. The zero-order valence-electron chi connectivity index (χ0n) is 15.7. The smallest absolute Gasteiger partial charge is 0.416 e. The fourth-order valence-corrected chi connectivity index (χ4v) is 3.42. The van der Waals surface area contributed by atoms with Crippen molar-refractivity contribution in [2.45, 2.75) is 32.9 Å². The second-order valence-electron chi connectivity index (χ2n) is 6.48. The van der Waals surface area contributed by atoms with Gasteiger partial charge in [-0.25, -0.2) is 0 Å². The average Bonchev–Trinajstić information content (AvgIpc) is 3.05. The number of hydrogen-bond donors (Lipinski definition) is 0. The third kappa shape index (κ3) is 3.56. The normalized spacial score (nSPS) is 20.2. The lowest BCUT2D eigenvalue weighted by Gasteiger charge is -2.31. The maximum absolute atomic E-state index is 13.3. The minimum atomic E-state index is -4.52. The van der Waals surface area contributed by atoms with Crippen molar-refractivity contribution in [1.29, 1.82) is 0 Å². The van der Waals surface area contributed by atoms with E-state index in [0.29, 0.717) is 22.9 Å². The van der Waals surface area contributed by atoms with Crippen molar-refractivity contribution < 1.29 is 27.1 Å². The summed E-state index contributed by atoms with van der Waals surface area (Å²) in [5.74, 6) is -1.93. The summed E-state index contributed by atoms with van der Waals surface area (Å²) in [6.07, 6.45) is -4.52. The van der Waals surface area contributed by atoms with Gasteiger partial charge in [-0.2, -0.15) is 13.2 Å². The molecule has 2 unspecified atom stereocenters. The highest BCUT2D eigenvalue weighted by Crippen LogP contribution is 2.45. The monoisotopic (exact) mass is 393 g/mol. The van der Waals surface area contributed by atoms with Gasteiger partial charge in [0.25, 0.3) is 0 Å². The summed E-state index contributed by atoms with van der Waals surface area (Å²) in [6.45, 7) is 4.93. The number of ether oxygens (including phenoxy) is 1. The van der Waals surface area contributed by atoms with Crippen molar-refractivity contribution in [1.82, 2.24) is 10.2 Å². The van der Waals surface area contributed by atoms with E-state index in [1.54, 1.807) is 20.8 Å². The maximum Gasteiger partial charge on any atom is 0.416 e. The van der Waals surface area contributed by atoms with Gasteiger partial charge in [-0.15, -0.1) is 10.2 Å². The molecule has 0 radical (unpaired) electrons. The van der Waals surface area contributed by atoms with Crippen LogP contribution < -0.4 is 0 Å². The molecule has 28 heavy (non-hydrogen) atoms. The summed E-state index contributed by atoms with van der Waals surface area (Å²) in [7, 11) is 1.22. The Morgan fingerprint density at radius 2 is 1.89 bits per heavy atom. The number of benzene rings is 1. The van der Waals surface area contributed by atoms with Crippen molar-refractivity contribution >= 4 is 17.3 Å². The quantitative estimate of drug-likeness (QED) is 0.732. The molecule has 1 aromatic carbocycles. The molecule has 1 aromatic heterocycles. The molecule has 0 aliphatic carbocycles. The summed E-state index contributed by atoms with van der Waals surface area (Å²) in [5, 5.41) is 7.79. The average molecular weight is 393 g/mol. The number of nitrogens with zero attached hydrogens (tertiary/aromatic N) is 3. The molecule has 2 aromatic rings. The van der Waals surface area contributed by atoms with Gasteiger partial charge in [0.1, 0.15) is 5.92 Å². The molecular weight excluding hydrogens is 375 g/mol. The fraction of sp³-hybridized carbons (Fsp3) is 0.368. The molecule has 2 heterocycles. The molecule has 2 atom stereocenters. The van der Waals surface area contributed by atoms with E-state index < -0.39 is 29.5 Å². The van der Waals surface area contributed by atoms with Gasteiger partial charge in [0.15, 0.2) is 0 Å². The number of methoxy groups -OCH3 is 1. The lowest BCUT2D eigenvalue weighted by Crippen LogP contribution is -2.33. The molecule has 3 rings (SSSR count). The first-order chi connectivity index (χ1) is 13.1. The van der Waals surface area contributed by atoms with E-state index in [4.69, 9.17) is 9.15 Å². The van der Waals surface area contributed by atoms with E-state index in [2.05, 4.69) is 15.2 Å². The molecule has 6 nitrogen and oxygen atoms in total.